The van der Waals surface area contributed by atoms with Gasteiger partial charge in [-0.25, -0.2) is 0 Å². The van der Waals surface area contributed by atoms with E-state index in [0.717, 1.165) is 14.8 Å². The van der Waals surface area contributed by atoms with E-state index in [1.807, 2.05) is 13.8 Å². The van der Waals surface area contributed by atoms with Crippen LogP contribution in [-0.2, 0) is 4.79 Å². The molecule has 0 aliphatic heterocycles. The molecule has 4 heteroatoms. The lowest BCUT2D eigenvalue weighted by Crippen LogP contribution is -2.33. The molecule has 118 valence electrons. The van der Waals surface area contributed by atoms with Crippen molar-refractivity contribution in [3.05, 3.63) is 0 Å². The fraction of sp³-hybridized carbons (Fsp3) is 0.938. The molecule has 0 heterocycles. The lowest BCUT2D eigenvalue weighted by Gasteiger charge is -2.32. The third-order valence-corrected chi connectivity index (χ3v) is 4.35. The topological polar surface area (TPSA) is 49.7 Å². The van der Waals surface area contributed by atoms with E-state index >= 15 is 0 Å². The molecule has 1 N–H and O–H groups in total. The van der Waals surface area contributed by atoms with Crippen molar-refractivity contribution in [3.8, 4) is 0 Å². The summed E-state index contributed by atoms with van der Waals surface area (Å²) >= 11 is 0. The van der Waals surface area contributed by atoms with Crippen molar-refractivity contribution in [3.63, 3.8) is 0 Å². The van der Waals surface area contributed by atoms with Crippen LogP contribution < -0.4 is 0 Å². The highest BCUT2D eigenvalue weighted by Gasteiger charge is 2.35. The number of hydrogen-bond donors (Lipinski definition) is 1. The number of hydrogen-bond acceptors (Lipinski definition) is 2. The van der Waals surface area contributed by atoms with E-state index in [2.05, 4.69) is 34.6 Å². The van der Waals surface area contributed by atoms with E-state index in [9.17, 15) is 9.90 Å². The Morgan fingerprint density at radius 1 is 0.950 bits per heavy atom. The Morgan fingerprint density at radius 3 is 1.75 bits per heavy atom. The molecule has 0 spiro atoms. The first-order valence-corrected chi connectivity index (χ1v) is 8.09. The van der Waals surface area contributed by atoms with Gasteiger partial charge in [0, 0.05) is 13.5 Å². The van der Waals surface area contributed by atoms with Gasteiger partial charge in [-0.15, -0.1) is 0 Å². The van der Waals surface area contributed by atoms with Crippen molar-refractivity contribution in [1.29, 1.82) is 0 Å². The maximum Gasteiger partial charge on any atom is 0.309 e. The summed E-state index contributed by atoms with van der Waals surface area (Å²) < 4.78 is 4.79. The smallest absolute Gasteiger partial charge is 0.309 e. The van der Waals surface area contributed by atoms with Crippen LogP contribution in [0.3, 0.4) is 0 Å². The summed E-state index contributed by atoms with van der Waals surface area (Å²) in [4.78, 5) is 11.2. The molecule has 0 aromatic carbocycles. The quantitative estimate of drug-likeness (QED) is 0.648. The molecule has 0 saturated heterocycles. The fourth-order valence-corrected chi connectivity index (χ4v) is 3.95. The van der Waals surface area contributed by atoms with Crippen molar-refractivity contribution in [2.75, 3.05) is 0 Å². The molecule has 0 fully saturated rings. The predicted octanol–water partition coefficient (Wildman–Crippen LogP) is 5.61. The summed E-state index contributed by atoms with van der Waals surface area (Å²) in [6.07, 6.45) is 1.64. The first kappa shape index (κ1) is 19.6. The number of carbonyl (C=O) groups is 1. The van der Waals surface area contributed by atoms with Crippen LogP contribution in [-0.4, -0.2) is 21.8 Å². The zero-order chi connectivity index (χ0) is 16.4. The molecule has 0 aliphatic carbocycles. The Hall–Kier alpha value is -0.430. The molecule has 0 amide bonds. The largest absolute Gasteiger partial charge is 0.481 e. The Morgan fingerprint density at radius 2 is 1.40 bits per heavy atom. The molecule has 0 aromatic rings. The molecule has 0 aliphatic rings. The van der Waals surface area contributed by atoms with Gasteiger partial charge < -0.3 is 5.11 Å². The molecule has 20 heavy (non-hydrogen) atoms. The van der Waals surface area contributed by atoms with Gasteiger partial charge in [0.2, 0.25) is 0 Å². The van der Waals surface area contributed by atoms with E-state index in [0.29, 0.717) is 6.42 Å². The highest BCUT2D eigenvalue weighted by atomic mass is 31.1. The van der Waals surface area contributed by atoms with Crippen LogP contribution in [0, 0.1) is 10.8 Å². The van der Waals surface area contributed by atoms with E-state index < -0.39 is 11.4 Å². The van der Waals surface area contributed by atoms with Crippen LogP contribution in [0.4, 0.5) is 0 Å². The zero-order valence-corrected chi connectivity index (χ0v) is 15.6. The molecule has 3 nitrogen and oxygen atoms in total. The van der Waals surface area contributed by atoms with Crippen LogP contribution in [0.5, 0.6) is 0 Å². The van der Waals surface area contributed by atoms with Crippen LogP contribution in [0.25, 0.3) is 0 Å². The van der Waals surface area contributed by atoms with Gasteiger partial charge >= 0.3 is 5.97 Å². The molecular weight excluding hydrogens is 269 g/mol. The summed E-state index contributed by atoms with van der Waals surface area (Å²) in [5.74, 6) is -0.758. The number of rotatable bonds is 6. The van der Waals surface area contributed by atoms with Crippen molar-refractivity contribution >= 4 is 14.3 Å². The van der Waals surface area contributed by atoms with E-state index in [1.165, 1.54) is 0 Å². The molecule has 0 bridgehead atoms. The van der Waals surface area contributed by atoms with Crippen LogP contribution in [0.2, 0.25) is 0 Å². The maximum atomic E-state index is 11.2. The van der Waals surface area contributed by atoms with E-state index in [4.69, 9.17) is 4.74 Å². The van der Waals surface area contributed by atoms with Gasteiger partial charge in [-0.3, -0.25) is 9.54 Å². The monoisotopic (exact) mass is 301 g/mol. The molecule has 0 rings (SSSR count). The van der Waals surface area contributed by atoms with E-state index in [1.54, 1.807) is 13.8 Å². The lowest BCUT2D eigenvalue weighted by molar-refractivity contribution is -0.147. The van der Waals surface area contributed by atoms with Crippen LogP contribution in [0.1, 0.15) is 75.2 Å². The van der Waals surface area contributed by atoms with Gasteiger partial charge in [0.25, 0.3) is 0 Å². The van der Waals surface area contributed by atoms with Gasteiger partial charge in [-0.2, -0.15) is 0 Å². The molecule has 0 atom stereocenters. The Labute approximate surface area is 126 Å². The van der Waals surface area contributed by atoms with Gasteiger partial charge in [-0.05, 0) is 46.0 Å². The molecule has 0 saturated carbocycles. The maximum absolute atomic E-state index is 11.2. The average molecular weight is 301 g/mol. The van der Waals surface area contributed by atoms with E-state index in [-0.39, 0.29) is 16.1 Å². The minimum Gasteiger partial charge on any atom is -0.481 e. The van der Waals surface area contributed by atoms with Gasteiger partial charge in [0.15, 0.2) is 0 Å². The zero-order valence-electron chi connectivity index (χ0n) is 14.7. The summed E-state index contributed by atoms with van der Waals surface area (Å²) in [6, 6.07) is 0. The highest BCUT2D eigenvalue weighted by Crippen LogP contribution is 2.40. The second-order valence-corrected chi connectivity index (χ2v) is 10.5. The number of carboxylic acids is 1. The number of nitrogens with zero attached hydrogens (tertiary/aromatic N) is 1. The average Bonchev–Trinajstić information content (AvgIpc) is 2.09. The number of carboxylic acid groups (broad SMARTS) is 1. The summed E-state index contributed by atoms with van der Waals surface area (Å²) in [6.45, 7) is 18.8. The third kappa shape index (κ3) is 7.99. The predicted molar refractivity (Wildman–Crippen MR) is 87.6 cm³/mol. The van der Waals surface area contributed by atoms with Crippen molar-refractivity contribution in [1.82, 2.24) is 0 Å². The summed E-state index contributed by atoms with van der Waals surface area (Å²) in [5.41, 5.74) is -0.786. The van der Waals surface area contributed by atoms with Crippen molar-refractivity contribution in [2.45, 2.75) is 85.9 Å². The summed E-state index contributed by atoms with van der Waals surface area (Å²) in [5, 5.41) is 9.36. The Bertz CT molecular complexity index is 376. The standard InChI is InChI=1S/C16H32NO2P/c1-13(2,3)10-16(8,9)20-17-15(6,7)11-14(4,5)12(18)19/h10-11H2,1-9H3,(H,18,19). The lowest BCUT2D eigenvalue weighted by atomic mass is 9.81. The van der Waals surface area contributed by atoms with Gasteiger partial charge in [0.1, 0.15) is 0 Å². The van der Waals surface area contributed by atoms with Crippen LogP contribution in [0.15, 0.2) is 4.74 Å². The normalized spacial score (nSPS) is 14.8. The molecule has 0 radical (unpaired) electrons. The Balaban J connectivity index is 4.92. The first-order chi connectivity index (χ1) is 8.56. The van der Waals surface area contributed by atoms with Gasteiger partial charge in [0.05, 0.1) is 11.0 Å². The van der Waals surface area contributed by atoms with Gasteiger partial charge in [-0.1, -0.05) is 34.6 Å². The second-order valence-electron chi connectivity index (χ2n) is 8.93. The number of aliphatic carboxylic acids is 1. The third-order valence-electron chi connectivity index (χ3n) is 3.01. The Kier molecular flexibility index (Phi) is 6.00. The fourth-order valence-electron chi connectivity index (χ4n) is 2.80. The van der Waals surface area contributed by atoms with Crippen molar-refractivity contribution in [2.24, 2.45) is 15.6 Å². The van der Waals surface area contributed by atoms with Crippen LogP contribution >= 0.6 is 8.37 Å². The van der Waals surface area contributed by atoms with Crippen molar-refractivity contribution < 1.29 is 9.90 Å². The second kappa shape index (κ2) is 6.13. The summed E-state index contributed by atoms with van der Waals surface area (Å²) in [7, 11) is 1.05. The highest BCUT2D eigenvalue weighted by molar-refractivity contribution is 7.28. The SMILES string of the molecule is CC(C)(C)CC(C)(C)P=NC(C)(C)CC(C)(C)C(=O)O. The minimum atomic E-state index is -0.758. The first-order valence-electron chi connectivity index (χ1n) is 7.24. The molecule has 0 aromatic heterocycles. The molecule has 0 unspecified atom stereocenters. The minimum absolute atomic E-state index is 0.114. The molecular formula is C16H32NO2P.